The van der Waals surface area contributed by atoms with Gasteiger partial charge in [0.2, 0.25) is 0 Å². The largest absolute Gasteiger partial charge is 0.459 e. The number of carbonyl (C=O) groups excluding carboxylic acids is 1. The number of aryl methyl sites for hydroxylation is 2. The summed E-state index contributed by atoms with van der Waals surface area (Å²) in [5, 5.41) is 0. The zero-order valence-corrected chi connectivity index (χ0v) is 16.3. The van der Waals surface area contributed by atoms with Crippen LogP contribution in [0.15, 0.2) is 48.5 Å². The van der Waals surface area contributed by atoms with Crippen LogP contribution in [-0.2, 0) is 14.2 Å². The van der Waals surface area contributed by atoms with Crippen molar-refractivity contribution in [3.63, 3.8) is 0 Å². The van der Waals surface area contributed by atoms with E-state index in [2.05, 4.69) is 19.1 Å². The van der Waals surface area contributed by atoms with Crippen molar-refractivity contribution in [2.24, 2.45) is 0 Å². The van der Waals surface area contributed by atoms with Gasteiger partial charge in [-0.15, -0.1) is 0 Å². The summed E-state index contributed by atoms with van der Waals surface area (Å²) in [5.74, 6) is -0.242. The van der Waals surface area contributed by atoms with Crippen LogP contribution in [0.2, 0.25) is 0 Å². The summed E-state index contributed by atoms with van der Waals surface area (Å²) >= 11 is 0. The van der Waals surface area contributed by atoms with E-state index in [9.17, 15) is 4.79 Å². The SMILES string of the molecule is COC(OC1CCC(OC(=O)c2ccc(C)cc2)CC1)c1ccc(C)cc1. The van der Waals surface area contributed by atoms with E-state index < -0.39 is 0 Å². The Morgan fingerprint density at radius 2 is 1.37 bits per heavy atom. The molecule has 2 aromatic rings. The van der Waals surface area contributed by atoms with Gasteiger partial charge in [-0.3, -0.25) is 0 Å². The third-order valence-electron chi connectivity index (χ3n) is 5.06. The van der Waals surface area contributed by atoms with Crippen LogP contribution in [0, 0.1) is 13.8 Å². The molecule has 2 aromatic carbocycles. The van der Waals surface area contributed by atoms with E-state index in [-0.39, 0.29) is 24.5 Å². The summed E-state index contributed by atoms with van der Waals surface area (Å²) < 4.78 is 17.4. The Morgan fingerprint density at radius 3 is 1.93 bits per heavy atom. The molecule has 0 radical (unpaired) electrons. The molecule has 0 bridgehead atoms. The summed E-state index contributed by atoms with van der Waals surface area (Å²) in [5.41, 5.74) is 3.98. The van der Waals surface area contributed by atoms with E-state index in [1.54, 1.807) is 7.11 Å². The second-order valence-electron chi connectivity index (χ2n) is 7.28. The average molecular weight is 368 g/mol. The van der Waals surface area contributed by atoms with Crippen molar-refractivity contribution < 1.29 is 19.0 Å². The van der Waals surface area contributed by atoms with Crippen LogP contribution in [0.1, 0.15) is 59.0 Å². The predicted molar refractivity (Wildman–Crippen MR) is 105 cm³/mol. The van der Waals surface area contributed by atoms with Crippen LogP contribution in [0.3, 0.4) is 0 Å². The van der Waals surface area contributed by atoms with Crippen molar-refractivity contribution in [3.8, 4) is 0 Å². The van der Waals surface area contributed by atoms with Gasteiger partial charge in [-0.1, -0.05) is 47.5 Å². The van der Waals surface area contributed by atoms with Gasteiger partial charge in [-0.05, 0) is 51.7 Å². The highest BCUT2D eigenvalue weighted by atomic mass is 16.7. The molecule has 3 rings (SSSR count). The molecule has 0 aliphatic heterocycles. The number of ether oxygens (including phenoxy) is 3. The molecule has 0 amide bonds. The number of methoxy groups -OCH3 is 1. The van der Waals surface area contributed by atoms with Crippen molar-refractivity contribution in [2.75, 3.05) is 7.11 Å². The Hall–Kier alpha value is -2.17. The first-order chi connectivity index (χ1) is 13.0. The molecular weight excluding hydrogens is 340 g/mol. The summed E-state index contributed by atoms with van der Waals surface area (Å²) in [6.45, 7) is 4.06. The van der Waals surface area contributed by atoms with Crippen LogP contribution >= 0.6 is 0 Å². The number of rotatable bonds is 6. The first kappa shape index (κ1) is 19.6. The summed E-state index contributed by atoms with van der Waals surface area (Å²) in [7, 11) is 1.67. The standard InChI is InChI=1S/C23H28O4/c1-16-4-8-18(9-5-16)22(24)26-20-12-14-21(15-13-20)27-23(25-3)19-10-6-17(2)7-11-19/h4-11,20-21,23H,12-15H2,1-3H3. The second kappa shape index (κ2) is 9.16. The normalized spacial score (nSPS) is 20.9. The third-order valence-corrected chi connectivity index (χ3v) is 5.06. The lowest BCUT2D eigenvalue weighted by molar-refractivity contribution is -0.170. The van der Waals surface area contributed by atoms with Crippen LogP contribution < -0.4 is 0 Å². The Bertz CT molecular complexity index is 728. The molecule has 0 saturated heterocycles. The fourth-order valence-electron chi connectivity index (χ4n) is 3.36. The monoisotopic (exact) mass is 368 g/mol. The molecule has 1 unspecified atom stereocenters. The highest BCUT2D eigenvalue weighted by Crippen LogP contribution is 2.29. The van der Waals surface area contributed by atoms with Crippen LogP contribution in [0.25, 0.3) is 0 Å². The van der Waals surface area contributed by atoms with Gasteiger partial charge < -0.3 is 14.2 Å². The van der Waals surface area contributed by atoms with Crippen LogP contribution in [0.5, 0.6) is 0 Å². The van der Waals surface area contributed by atoms with E-state index in [0.29, 0.717) is 5.56 Å². The number of esters is 1. The van der Waals surface area contributed by atoms with Crippen molar-refractivity contribution in [1.82, 2.24) is 0 Å². The van der Waals surface area contributed by atoms with E-state index >= 15 is 0 Å². The van der Waals surface area contributed by atoms with Gasteiger partial charge in [0.05, 0.1) is 11.7 Å². The Kier molecular flexibility index (Phi) is 6.64. The van der Waals surface area contributed by atoms with Gasteiger partial charge in [-0.2, -0.15) is 0 Å². The van der Waals surface area contributed by atoms with Gasteiger partial charge in [0, 0.05) is 12.7 Å². The lowest BCUT2D eigenvalue weighted by Crippen LogP contribution is -2.29. The van der Waals surface area contributed by atoms with E-state index in [4.69, 9.17) is 14.2 Å². The van der Waals surface area contributed by atoms with Crippen molar-refractivity contribution in [3.05, 3.63) is 70.8 Å². The molecule has 1 atom stereocenters. The maximum absolute atomic E-state index is 12.3. The van der Waals surface area contributed by atoms with E-state index in [1.165, 1.54) is 5.56 Å². The topological polar surface area (TPSA) is 44.8 Å². The van der Waals surface area contributed by atoms with Gasteiger partial charge >= 0.3 is 5.97 Å². The first-order valence-electron chi connectivity index (χ1n) is 9.57. The Balaban J connectivity index is 1.48. The van der Waals surface area contributed by atoms with Crippen molar-refractivity contribution >= 4 is 5.97 Å². The van der Waals surface area contributed by atoms with Crippen molar-refractivity contribution in [1.29, 1.82) is 0 Å². The van der Waals surface area contributed by atoms with Crippen LogP contribution in [-0.4, -0.2) is 25.3 Å². The Morgan fingerprint density at radius 1 is 0.852 bits per heavy atom. The minimum absolute atomic E-state index is 0.0426. The number of hydrogen-bond acceptors (Lipinski definition) is 4. The molecule has 1 fully saturated rings. The Labute approximate surface area is 161 Å². The van der Waals surface area contributed by atoms with E-state index in [0.717, 1.165) is 36.8 Å². The van der Waals surface area contributed by atoms with E-state index in [1.807, 2.05) is 43.3 Å². The average Bonchev–Trinajstić information content (AvgIpc) is 2.68. The highest BCUT2D eigenvalue weighted by Gasteiger charge is 2.27. The molecule has 0 spiro atoms. The quantitative estimate of drug-likeness (QED) is 0.523. The van der Waals surface area contributed by atoms with Crippen molar-refractivity contribution in [2.45, 2.75) is 58.0 Å². The lowest BCUT2D eigenvalue weighted by atomic mass is 9.94. The molecule has 0 aromatic heterocycles. The summed E-state index contributed by atoms with van der Waals surface area (Å²) in [4.78, 5) is 12.3. The molecule has 27 heavy (non-hydrogen) atoms. The smallest absolute Gasteiger partial charge is 0.338 e. The number of carbonyl (C=O) groups is 1. The predicted octanol–water partition coefficient (Wildman–Crippen LogP) is 5.13. The number of benzene rings is 2. The molecule has 0 N–H and O–H groups in total. The fourth-order valence-corrected chi connectivity index (χ4v) is 3.36. The maximum Gasteiger partial charge on any atom is 0.338 e. The third kappa shape index (κ3) is 5.41. The summed E-state index contributed by atoms with van der Waals surface area (Å²) in [6.07, 6.45) is 3.06. The second-order valence-corrected chi connectivity index (χ2v) is 7.28. The number of hydrogen-bond donors (Lipinski definition) is 0. The fraction of sp³-hybridized carbons (Fsp3) is 0.435. The maximum atomic E-state index is 12.3. The molecule has 1 aliphatic rings. The molecule has 0 heterocycles. The molecular formula is C23H28O4. The zero-order valence-electron chi connectivity index (χ0n) is 16.3. The minimum Gasteiger partial charge on any atom is -0.459 e. The summed E-state index contributed by atoms with van der Waals surface area (Å²) in [6, 6.07) is 15.7. The molecule has 4 heteroatoms. The molecule has 1 aliphatic carbocycles. The van der Waals surface area contributed by atoms with Gasteiger partial charge in [0.25, 0.3) is 0 Å². The van der Waals surface area contributed by atoms with Gasteiger partial charge in [-0.25, -0.2) is 4.79 Å². The van der Waals surface area contributed by atoms with Crippen LogP contribution in [0.4, 0.5) is 0 Å². The van der Waals surface area contributed by atoms with Gasteiger partial charge in [0.15, 0.2) is 6.29 Å². The first-order valence-corrected chi connectivity index (χ1v) is 9.57. The molecule has 144 valence electrons. The van der Waals surface area contributed by atoms with Gasteiger partial charge in [0.1, 0.15) is 6.10 Å². The zero-order chi connectivity index (χ0) is 19.2. The minimum atomic E-state index is -0.359. The lowest BCUT2D eigenvalue weighted by Gasteiger charge is -2.31. The molecule has 1 saturated carbocycles. The molecule has 4 nitrogen and oxygen atoms in total. The highest BCUT2D eigenvalue weighted by molar-refractivity contribution is 5.89.